The van der Waals surface area contributed by atoms with E-state index >= 15 is 0 Å². The van der Waals surface area contributed by atoms with Crippen molar-refractivity contribution in [2.24, 2.45) is 0 Å². The Morgan fingerprint density at radius 3 is 2.50 bits per heavy atom. The second-order valence-electron chi connectivity index (χ2n) is 6.31. The summed E-state index contributed by atoms with van der Waals surface area (Å²) >= 11 is 0. The van der Waals surface area contributed by atoms with E-state index in [1.807, 2.05) is 30.3 Å². The number of carbonyl (C=O) groups excluding carboxylic acids is 1. The van der Waals surface area contributed by atoms with E-state index in [4.69, 9.17) is 0 Å². The van der Waals surface area contributed by atoms with Gasteiger partial charge in [0.25, 0.3) is 0 Å². The van der Waals surface area contributed by atoms with Gasteiger partial charge in [-0.3, -0.25) is 4.79 Å². The summed E-state index contributed by atoms with van der Waals surface area (Å²) in [5, 5.41) is 5.15. The van der Waals surface area contributed by atoms with Gasteiger partial charge in [0, 0.05) is 34.0 Å². The van der Waals surface area contributed by atoms with Gasteiger partial charge in [-0.2, -0.15) is 0 Å². The minimum absolute atomic E-state index is 0.0153. The zero-order valence-electron chi connectivity index (χ0n) is 14.5. The molecule has 0 aliphatic carbocycles. The molecule has 26 heavy (non-hydrogen) atoms. The Labute approximate surface area is 151 Å². The smallest absolute Gasteiger partial charge is 0.228 e. The van der Waals surface area contributed by atoms with Crippen LogP contribution in [0, 0.1) is 5.82 Å². The van der Waals surface area contributed by atoms with Gasteiger partial charge in [-0.1, -0.05) is 36.4 Å². The predicted octanol–water partition coefficient (Wildman–Crippen LogP) is 5.13. The molecule has 0 saturated heterocycles. The number of anilines is 1. The number of fused-ring (bicyclic) bond motifs is 3. The van der Waals surface area contributed by atoms with Crippen LogP contribution in [0.25, 0.3) is 21.8 Å². The van der Waals surface area contributed by atoms with Crippen molar-refractivity contribution >= 4 is 33.4 Å². The average Bonchev–Trinajstić information content (AvgIpc) is 2.97. The van der Waals surface area contributed by atoms with E-state index < -0.39 is 0 Å². The number of aromatic nitrogens is 1. The number of halogens is 1. The van der Waals surface area contributed by atoms with Gasteiger partial charge >= 0.3 is 0 Å². The maximum Gasteiger partial charge on any atom is 0.228 e. The molecule has 0 radical (unpaired) electrons. The summed E-state index contributed by atoms with van der Waals surface area (Å²) in [6, 6.07) is 20.5. The first-order valence-corrected chi connectivity index (χ1v) is 8.71. The van der Waals surface area contributed by atoms with E-state index in [1.165, 1.54) is 11.6 Å². The molecule has 0 atom stereocenters. The third kappa shape index (κ3) is 2.84. The Morgan fingerprint density at radius 2 is 1.69 bits per heavy atom. The van der Waals surface area contributed by atoms with Crippen LogP contribution >= 0.6 is 0 Å². The second kappa shape index (κ2) is 6.64. The van der Waals surface area contributed by atoms with Crippen LogP contribution < -0.4 is 5.32 Å². The Kier molecular flexibility index (Phi) is 4.17. The summed E-state index contributed by atoms with van der Waals surface area (Å²) in [7, 11) is 0. The molecule has 4 aromatic rings. The Morgan fingerprint density at radius 1 is 0.962 bits per heavy atom. The molecule has 4 heteroatoms. The maximum atomic E-state index is 13.7. The van der Waals surface area contributed by atoms with Crippen molar-refractivity contribution in [3.8, 4) is 0 Å². The van der Waals surface area contributed by atoms with E-state index in [0.29, 0.717) is 5.56 Å². The highest BCUT2D eigenvalue weighted by Crippen LogP contribution is 2.31. The highest BCUT2D eigenvalue weighted by atomic mass is 19.1. The number of hydrogen-bond donors (Lipinski definition) is 1. The summed E-state index contributed by atoms with van der Waals surface area (Å²) in [5.74, 6) is -0.585. The monoisotopic (exact) mass is 346 g/mol. The van der Waals surface area contributed by atoms with Gasteiger partial charge in [0.1, 0.15) is 5.82 Å². The Bertz CT molecular complexity index is 1110. The van der Waals surface area contributed by atoms with E-state index in [9.17, 15) is 9.18 Å². The quantitative estimate of drug-likeness (QED) is 0.546. The molecule has 1 N–H and O–H groups in total. The largest absolute Gasteiger partial charge is 0.341 e. The van der Waals surface area contributed by atoms with E-state index in [1.54, 1.807) is 18.2 Å². The molecule has 0 bridgehead atoms. The Balaban J connectivity index is 1.66. The van der Waals surface area contributed by atoms with Crippen molar-refractivity contribution in [2.75, 3.05) is 5.32 Å². The fourth-order valence-corrected chi connectivity index (χ4v) is 3.49. The van der Waals surface area contributed by atoms with Gasteiger partial charge in [-0.25, -0.2) is 4.39 Å². The SMILES string of the molecule is CCn1c2ccccc2c2cc(NC(=O)Cc3ccccc3F)ccc21. The molecule has 130 valence electrons. The second-order valence-corrected chi connectivity index (χ2v) is 6.31. The van der Waals surface area contributed by atoms with Gasteiger partial charge in [-0.05, 0) is 42.8 Å². The zero-order chi connectivity index (χ0) is 18.1. The van der Waals surface area contributed by atoms with Crippen LogP contribution in [0.5, 0.6) is 0 Å². The molecule has 0 unspecified atom stereocenters. The molecular formula is C22H19FN2O. The summed E-state index contributed by atoms with van der Waals surface area (Å²) < 4.78 is 16.0. The topological polar surface area (TPSA) is 34.0 Å². The lowest BCUT2D eigenvalue weighted by atomic mass is 10.1. The molecule has 0 aliphatic heterocycles. The summed E-state index contributed by atoms with van der Waals surface area (Å²) in [6.45, 7) is 3.00. The van der Waals surface area contributed by atoms with Gasteiger partial charge < -0.3 is 9.88 Å². The van der Waals surface area contributed by atoms with Crippen molar-refractivity contribution in [3.05, 3.63) is 78.1 Å². The number of aryl methyl sites for hydroxylation is 1. The first-order valence-electron chi connectivity index (χ1n) is 8.71. The van der Waals surface area contributed by atoms with Crippen LogP contribution in [0.1, 0.15) is 12.5 Å². The third-order valence-corrected chi connectivity index (χ3v) is 4.68. The van der Waals surface area contributed by atoms with Crippen LogP contribution in [0.15, 0.2) is 66.7 Å². The third-order valence-electron chi connectivity index (χ3n) is 4.68. The van der Waals surface area contributed by atoms with Gasteiger partial charge in [0.2, 0.25) is 5.91 Å². The number of para-hydroxylation sites is 1. The number of benzene rings is 3. The standard InChI is InChI=1S/C22H19FN2O/c1-2-25-20-10-6-4-8-17(20)18-14-16(11-12-21(18)25)24-22(26)13-15-7-3-5-9-19(15)23/h3-12,14H,2,13H2,1H3,(H,24,26). The molecule has 1 amide bonds. The van der Waals surface area contributed by atoms with Gasteiger partial charge in [-0.15, -0.1) is 0 Å². The molecule has 0 aliphatic rings. The number of nitrogens with one attached hydrogen (secondary N) is 1. The van der Waals surface area contributed by atoms with Crippen LogP contribution in [-0.2, 0) is 17.8 Å². The summed E-state index contributed by atoms with van der Waals surface area (Å²) in [5.41, 5.74) is 3.44. The van der Waals surface area contributed by atoms with Crippen LogP contribution in [0.4, 0.5) is 10.1 Å². The van der Waals surface area contributed by atoms with E-state index in [0.717, 1.165) is 28.5 Å². The van der Waals surface area contributed by atoms with Crippen molar-refractivity contribution in [1.82, 2.24) is 4.57 Å². The van der Waals surface area contributed by atoms with Crippen LogP contribution in [-0.4, -0.2) is 10.5 Å². The normalized spacial score (nSPS) is 11.2. The lowest BCUT2D eigenvalue weighted by Gasteiger charge is -2.07. The van der Waals surface area contributed by atoms with Crippen molar-refractivity contribution < 1.29 is 9.18 Å². The maximum absolute atomic E-state index is 13.7. The number of amides is 1. The van der Waals surface area contributed by atoms with Gasteiger partial charge in [0.15, 0.2) is 0 Å². The molecule has 0 fully saturated rings. The average molecular weight is 346 g/mol. The number of carbonyl (C=O) groups is 1. The molecule has 0 spiro atoms. The number of nitrogens with zero attached hydrogens (tertiary/aromatic N) is 1. The summed E-state index contributed by atoms with van der Waals surface area (Å²) in [6.07, 6.45) is 0.0153. The van der Waals surface area contributed by atoms with Crippen LogP contribution in [0.3, 0.4) is 0 Å². The number of hydrogen-bond acceptors (Lipinski definition) is 1. The van der Waals surface area contributed by atoms with Crippen LogP contribution in [0.2, 0.25) is 0 Å². The number of rotatable bonds is 4. The van der Waals surface area contributed by atoms with Crippen molar-refractivity contribution in [2.45, 2.75) is 19.9 Å². The first-order chi connectivity index (χ1) is 12.7. The lowest BCUT2D eigenvalue weighted by molar-refractivity contribution is -0.115. The minimum atomic E-state index is -0.357. The van der Waals surface area contributed by atoms with E-state index in [2.05, 4.69) is 28.9 Å². The van der Waals surface area contributed by atoms with Gasteiger partial charge in [0.05, 0.1) is 6.42 Å². The predicted molar refractivity (Wildman–Crippen MR) is 104 cm³/mol. The minimum Gasteiger partial charge on any atom is -0.341 e. The highest BCUT2D eigenvalue weighted by Gasteiger charge is 2.12. The van der Waals surface area contributed by atoms with Crippen molar-refractivity contribution in [1.29, 1.82) is 0 Å². The molecule has 1 aromatic heterocycles. The van der Waals surface area contributed by atoms with E-state index in [-0.39, 0.29) is 18.1 Å². The molecule has 1 heterocycles. The zero-order valence-corrected chi connectivity index (χ0v) is 14.5. The first kappa shape index (κ1) is 16.3. The fraction of sp³-hybridized carbons (Fsp3) is 0.136. The molecule has 3 nitrogen and oxygen atoms in total. The fourth-order valence-electron chi connectivity index (χ4n) is 3.49. The Hall–Kier alpha value is -3.14. The van der Waals surface area contributed by atoms with Crippen molar-refractivity contribution in [3.63, 3.8) is 0 Å². The summed E-state index contributed by atoms with van der Waals surface area (Å²) in [4.78, 5) is 12.3. The molecular weight excluding hydrogens is 327 g/mol. The molecule has 4 rings (SSSR count). The lowest BCUT2D eigenvalue weighted by Crippen LogP contribution is -2.15. The molecule has 0 saturated carbocycles. The molecule has 3 aromatic carbocycles. The highest BCUT2D eigenvalue weighted by molar-refractivity contribution is 6.09.